The predicted molar refractivity (Wildman–Crippen MR) is 74.3 cm³/mol. The van der Waals surface area contributed by atoms with E-state index in [-0.39, 0.29) is 23.6 Å². The van der Waals surface area contributed by atoms with Crippen LogP contribution < -0.4 is 10.7 Å². The first-order chi connectivity index (χ1) is 9.10. The molecule has 1 aromatic carbocycles. The molecule has 0 spiro atoms. The van der Waals surface area contributed by atoms with E-state index in [9.17, 15) is 9.59 Å². The number of hydrogen-bond acceptors (Lipinski definition) is 3. The van der Waals surface area contributed by atoms with Gasteiger partial charge in [0, 0.05) is 18.0 Å². The van der Waals surface area contributed by atoms with Crippen molar-refractivity contribution in [3.63, 3.8) is 0 Å². The number of nitrogens with zero attached hydrogens (tertiary/aromatic N) is 1. The number of nitrogens with one attached hydrogen (secondary N) is 2. The van der Waals surface area contributed by atoms with Crippen LogP contribution >= 0.6 is 11.6 Å². The van der Waals surface area contributed by atoms with Gasteiger partial charge in [-0.15, -0.1) is 11.6 Å². The molecule has 0 fully saturated rings. The maximum absolute atomic E-state index is 11.3. The average Bonchev–Trinajstić information content (AvgIpc) is 2.42. The molecule has 2 N–H and O–H groups in total. The summed E-state index contributed by atoms with van der Waals surface area (Å²) in [6.45, 7) is 1.86. The second kappa shape index (κ2) is 5.84. The van der Waals surface area contributed by atoms with Gasteiger partial charge >= 0.3 is 0 Å². The molecule has 0 saturated heterocycles. The highest BCUT2D eigenvalue weighted by atomic mass is 35.5. The maximum Gasteiger partial charge on any atom is 0.243 e. The molecule has 1 aromatic rings. The Kier molecular flexibility index (Phi) is 4.16. The molecular weight excluding hydrogens is 266 g/mol. The van der Waals surface area contributed by atoms with Gasteiger partial charge in [-0.25, -0.2) is 5.43 Å². The summed E-state index contributed by atoms with van der Waals surface area (Å²) in [5.41, 5.74) is 4.94. The van der Waals surface area contributed by atoms with E-state index in [0.29, 0.717) is 12.1 Å². The Bertz CT molecular complexity index is 525. The average molecular weight is 280 g/mol. The quantitative estimate of drug-likeness (QED) is 0.827. The van der Waals surface area contributed by atoms with Crippen molar-refractivity contribution >= 4 is 34.8 Å². The number of hydrogen-bond donors (Lipinski definition) is 2. The SMILES string of the molecule is CC1CC(c2ccc(NC(=O)CCl)cc2)=NNC1=O. The highest BCUT2D eigenvalue weighted by molar-refractivity contribution is 6.29. The normalized spacial score (nSPS) is 18.5. The highest BCUT2D eigenvalue weighted by Gasteiger charge is 2.21. The van der Waals surface area contributed by atoms with Crippen LogP contribution in [0.3, 0.4) is 0 Å². The van der Waals surface area contributed by atoms with Gasteiger partial charge in [0.1, 0.15) is 5.88 Å². The lowest BCUT2D eigenvalue weighted by atomic mass is 9.97. The Morgan fingerprint density at radius 3 is 2.74 bits per heavy atom. The number of anilines is 1. The molecule has 1 unspecified atom stereocenters. The smallest absolute Gasteiger partial charge is 0.243 e. The predicted octanol–water partition coefficient (Wildman–Crippen LogP) is 1.72. The van der Waals surface area contributed by atoms with Crippen LogP contribution in [0.5, 0.6) is 0 Å². The van der Waals surface area contributed by atoms with Crippen molar-refractivity contribution in [3.05, 3.63) is 29.8 Å². The maximum atomic E-state index is 11.3. The zero-order valence-electron chi connectivity index (χ0n) is 10.4. The van der Waals surface area contributed by atoms with Crippen molar-refractivity contribution < 1.29 is 9.59 Å². The summed E-state index contributed by atoms with van der Waals surface area (Å²) in [6, 6.07) is 7.27. The summed E-state index contributed by atoms with van der Waals surface area (Å²) in [6.07, 6.45) is 0.610. The Morgan fingerprint density at radius 2 is 2.16 bits per heavy atom. The van der Waals surface area contributed by atoms with Gasteiger partial charge in [0.25, 0.3) is 0 Å². The summed E-state index contributed by atoms with van der Waals surface area (Å²) in [7, 11) is 0. The number of halogens is 1. The van der Waals surface area contributed by atoms with Gasteiger partial charge in [-0.1, -0.05) is 19.1 Å². The molecule has 0 saturated carbocycles. The molecule has 1 atom stereocenters. The van der Waals surface area contributed by atoms with Crippen LogP contribution in [0.15, 0.2) is 29.4 Å². The highest BCUT2D eigenvalue weighted by Crippen LogP contribution is 2.17. The second-order valence-electron chi connectivity index (χ2n) is 4.40. The molecule has 0 bridgehead atoms. The minimum atomic E-state index is -0.245. The first-order valence-electron chi connectivity index (χ1n) is 5.93. The van der Waals surface area contributed by atoms with Gasteiger partial charge in [-0.2, -0.15) is 5.10 Å². The van der Waals surface area contributed by atoms with E-state index in [0.717, 1.165) is 11.3 Å². The third kappa shape index (κ3) is 3.32. The zero-order chi connectivity index (χ0) is 13.8. The Morgan fingerprint density at radius 1 is 1.47 bits per heavy atom. The Balaban J connectivity index is 2.10. The fourth-order valence-corrected chi connectivity index (χ4v) is 1.85. The Hall–Kier alpha value is -1.88. The van der Waals surface area contributed by atoms with Crippen LogP contribution in [-0.4, -0.2) is 23.4 Å². The fourth-order valence-electron chi connectivity index (χ4n) is 1.78. The first kappa shape index (κ1) is 13.5. The van der Waals surface area contributed by atoms with E-state index in [1.54, 1.807) is 12.1 Å². The van der Waals surface area contributed by atoms with Crippen LogP contribution in [0, 0.1) is 5.92 Å². The largest absolute Gasteiger partial charge is 0.325 e. The summed E-state index contributed by atoms with van der Waals surface area (Å²) in [4.78, 5) is 22.4. The summed E-state index contributed by atoms with van der Waals surface area (Å²) >= 11 is 5.41. The molecule has 0 aliphatic carbocycles. The lowest BCUT2D eigenvalue weighted by Gasteiger charge is -2.18. The summed E-state index contributed by atoms with van der Waals surface area (Å²) < 4.78 is 0. The van der Waals surface area contributed by atoms with Crippen molar-refractivity contribution in [2.45, 2.75) is 13.3 Å². The number of amides is 2. The van der Waals surface area contributed by atoms with E-state index in [2.05, 4.69) is 15.8 Å². The lowest BCUT2D eigenvalue weighted by molar-refractivity contribution is -0.124. The molecule has 100 valence electrons. The minimum Gasteiger partial charge on any atom is -0.325 e. The monoisotopic (exact) mass is 279 g/mol. The number of rotatable bonds is 3. The molecule has 6 heteroatoms. The minimum absolute atomic E-state index is 0.0604. The van der Waals surface area contributed by atoms with Crippen LogP contribution in [0.25, 0.3) is 0 Å². The molecule has 0 radical (unpaired) electrons. The molecule has 0 aromatic heterocycles. The van der Waals surface area contributed by atoms with Crippen molar-refractivity contribution in [2.75, 3.05) is 11.2 Å². The lowest BCUT2D eigenvalue weighted by Crippen LogP contribution is -2.33. The van der Waals surface area contributed by atoms with Crippen LogP contribution in [0.1, 0.15) is 18.9 Å². The van der Waals surface area contributed by atoms with Crippen LogP contribution in [-0.2, 0) is 9.59 Å². The third-order valence-corrected chi connectivity index (χ3v) is 3.11. The van der Waals surface area contributed by atoms with Crippen molar-refractivity contribution in [1.29, 1.82) is 0 Å². The molecule has 19 heavy (non-hydrogen) atoms. The van der Waals surface area contributed by atoms with Crippen molar-refractivity contribution in [1.82, 2.24) is 5.43 Å². The number of carbonyl (C=O) groups is 2. The van der Waals surface area contributed by atoms with E-state index >= 15 is 0 Å². The number of alkyl halides is 1. The molecular formula is C13H14ClN3O2. The van der Waals surface area contributed by atoms with Gasteiger partial charge in [0.05, 0.1) is 5.71 Å². The van der Waals surface area contributed by atoms with E-state index < -0.39 is 0 Å². The van der Waals surface area contributed by atoms with E-state index in [1.807, 2.05) is 19.1 Å². The van der Waals surface area contributed by atoms with E-state index in [4.69, 9.17) is 11.6 Å². The first-order valence-corrected chi connectivity index (χ1v) is 6.46. The van der Waals surface area contributed by atoms with Gasteiger partial charge in [0.2, 0.25) is 11.8 Å². The van der Waals surface area contributed by atoms with E-state index in [1.165, 1.54) is 0 Å². The van der Waals surface area contributed by atoms with Crippen molar-refractivity contribution in [3.8, 4) is 0 Å². The van der Waals surface area contributed by atoms with Crippen LogP contribution in [0.2, 0.25) is 0 Å². The second-order valence-corrected chi connectivity index (χ2v) is 4.67. The third-order valence-electron chi connectivity index (χ3n) is 2.87. The molecule has 1 heterocycles. The standard InChI is InChI=1S/C13H14ClN3O2/c1-8-6-11(16-17-13(8)19)9-2-4-10(5-3-9)15-12(18)7-14/h2-5,8H,6-7H2,1H3,(H,15,18)(H,17,19). The molecule has 1 aliphatic heterocycles. The summed E-state index contributed by atoms with van der Waals surface area (Å²) in [5, 5.41) is 6.70. The van der Waals surface area contributed by atoms with Gasteiger partial charge < -0.3 is 5.32 Å². The molecule has 1 aliphatic rings. The van der Waals surface area contributed by atoms with Gasteiger partial charge in [-0.3, -0.25) is 9.59 Å². The molecule has 2 amide bonds. The topological polar surface area (TPSA) is 70.6 Å². The van der Waals surface area contributed by atoms with Crippen LogP contribution in [0.4, 0.5) is 5.69 Å². The number of benzene rings is 1. The van der Waals surface area contributed by atoms with Gasteiger partial charge in [0.15, 0.2) is 0 Å². The fraction of sp³-hybridized carbons (Fsp3) is 0.308. The molecule has 2 rings (SSSR count). The Labute approximate surface area is 116 Å². The van der Waals surface area contributed by atoms with Crippen molar-refractivity contribution in [2.24, 2.45) is 11.0 Å². The van der Waals surface area contributed by atoms with Gasteiger partial charge in [-0.05, 0) is 17.7 Å². The summed E-state index contributed by atoms with van der Waals surface area (Å²) in [5.74, 6) is -0.457. The molecule has 5 nitrogen and oxygen atoms in total. The number of hydrazone groups is 1. The number of carbonyl (C=O) groups excluding carboxylic acids is 2. The zero-order valence-corrected chi connectivity index (χ0v) is 11.2.